The van der Waals surface area contributed by atoms with E-state index >= 15 is 0 Å². The Kier molecular flexibility index (Phi) is 6.55. The van der Waals surface area contributed by atoms with Crippen molar-refractivity contribution in [1.82, 2.24) is 9.55 Å². The van der Waals surface area contributed by atoms with E-state index in [4.69, 9.17) is 15.2 Å². The van der Waals surface area contributed by atoms with E-state index in [0.717, 1.165) is 0 Å². The maximum absolute atomic E-state index is 12.6. The molecule has 0 amide bonds. The second-order valence-electron chi connectivity index (χ2n) is 7.18. The van der Waals surface area contributed by atoms with Gasteiger partial charge >= 0.3 is 17.6 Å². The average Bonchev–Trinajstić information content (AvgIpc) is 3.20. The number of nitrogens with zero attached hydrogens (tertiary/aromatic N) is 2. The molecule has 32 heavy (non-hydrogen) atoms. The maximum Gasteiger partial charge on any atom is 0.350 e. The smallest absolute Gasteiger partial charge is 0.350 e. The van der Waals surface area contributed by atoms with Crippen LogP contribution in [-0.2, 0) is 9.47 Å². The predicted octanol–water partition coefficient (Wildman–Crippen LogP) is 2.91. The fourth-order valence-electron chi connectivity index (χ4n) is 3.39. The van der Waals surface area contributed by atoms with Crippen LogP contribution in [0, 0.1) is 0 Å². The number of hydrogen-bond acceptors (Lipinski definition) is 8. The van der Waals surface area contributed by atoms with Crippen LogP contribution >= 0.6 is 11.8 Å². The normalized spacial score (nSPS) is 19.9. The second-order valence-corrected chi connectivity index (χ2v) is 8.60. The molecule has 2 N–H and O–H groups in total. The van der Waals surface area contributed by atoms with Crippen LogP contribution in [0.15, 0.2) is 77.7 Å². The Bertz CT molecular complexity index is 1150. The maximum atomic E-state index is 12.6. The number of aromatic nitrogens is 2. The number of anilines is 1. The number of ether oxygens (including phenoxy) is 2. The highest BCUT2D eigenvalue weighted by atomic mass is 32.2. The third-order valence-electron chi connectivity index (χ3n) is 5.00. The number of rotatable bonds is 6. The van der Waals surface area contributed by atoms with Gasteiger partial charge in [-0.3, -0.25) is 4.57 Å². The fourth-order valence-corrected chi connectivity index (χ4v) is 4.87. The molecule has 164 valence electrons. The lowest BCUT2D eigenvalue weighted by Gasteiger charge is -2.19. The Morgan fingerprint density at radius 1 is 1.00 bits per heavy atom. The molecule has 0 aliphatic carbocycles. The molecule has 3 aromatic rings. The summed E-state index contributed by atoms with van der Waals surface area (Å²) >= 11 is 1.39. The molecular weight excluding hydrogens is 430 g/mol. The first-order valence-corrected chi connectivity index (χ1v) is 10.9. The molecule has 2 aromatic carbocycles. The number of nitrogens with two attached hydrogens (primary N) is 1. The van der Waals surface area contributed by atoms with E-state index in [-0.39, 0.29) is 23.0 Å². The summed E-state index contributed by atoms with van der Waals surface area (Å²) in [5, 5.41) is -0.700. The van der Waals surface area contributed by atoms with Gasteiger partial charge in [0.1, 0.15) is 18.5 Å². The zero-order valence-electron chi connectivity index (χ0n) is 17.0. The Morgan fingerprint density at radius 2 is 1.62 bits per heavy atom. The summed E-state index contributed by atoms with van der Waals surface area (Å²) in [6, 6.07) is 18.8. The third kappa shape index (κ3) is 5.00. The molecule has 3 atom stereocenters. The van der Waals surface area contributed by atoms with Gasteiger partial charge < -0.3 is 15.2 Å². The second kappa shape index (κ2) is 9.69. The number of carbonyl (C=O) groups is 2. The van der Waals surface area contributed by atoms with E-state index in [1.165, 1.54) is 22.4 Å². The molecular formula is C23H21N3O5S. The summed E-state index contributed by atoms with van der Waals surface area (Å²) < 4.78 is 12.7. The topological polar surface area (TPSA) is 114 Å². The van der Waals surface area contributed by atoms with Crippen molar-refractivity contribution in [2.45, 2.75) is 23.1 Å². The molecule has 1 aliphatic rings. The molecule has 0 radical (unpaired) electrons. The van der Waals surface area contributed by atoms with Crippen molar-refractivity contribution in [3.8, 4) is 0 Å². The zero-order valence-corrected chi connectivity index (χ0v) is 17.8. The summed E-state index contributed by atoms with van der Waals surface area (Å²) in [5.74, 6) is -0.803. The van der Waals surface area contributed by atoms with E-state index < -0.39 is 23.7 Å². The van der Waals surface area contributed by atoms with Crippen LogP contribution in [0.4, 0.5) is 5.82 Å². The van der Waals surface area contributed by atoms with Crippen LogP contribution in [0.2, 0.25) is 0 Å². The molecule has 2 heterocycles. The van der Waals surface area contributed by atoms with Crippen LogP contribution in [0.3, 0.4) is 0 Å². The van der Waals surface area contributed by atoms with Crippen molar-refractivity contribution >= 4 is 29.5 Å². The number of benzene rings is 2. The van der Waals surface area contributed by atoms with E-state index in [9.17, 15) is 14.4 Å². The number of hydrogen-bond donors (Lipinski definition) is 1. The van der Waals surface area contributed by atoms with Gasteiger partial charge in [-0.05, 0) is 30.3 Å². The highest BCUT2D eigenvalue weighted by Gasteiger charge is 2.40. The van der Waals surface area contributed by atoms with Gasteiger partial charge in [0.15, 0.2) is 0 Å². The first-order valence-electron chi connectivity index (χ1n) is 9.99. The van der Waals surface area contributed by atoms with Gasteiger partial charge in [0.05, 0.1) is 21.8 Å². The highest BCUT2D eigenvalue weighted by Crippen LogP contribution is 2.42. The molecule has 4 rings (SSSR count). The lowest BCUT2D eigenvalue weighted by atomic mass is 10.1. The molecule has 0 bridgehead atoms. The van der Waals surface area contributed by atoms with Gasteiger partial charge in [-0.1, -0.05) is 36.4 Å². The Hall–Kier alpha value is -3.59. The number of carbonyl (C=O) groups excluding carboxylic acids is 2. The number of thioether (sulfide) groups is 1. The zero-order chi connectivity index (χ0) is 22.5. The van der Waals surface area contributed by atoms with Gasteiger partial charge in [-0.2, -0.15) is 4.98 Å². The molecule has 1 aliphatic heterocycles. The predicted molar refractivity (Wildman–Crippen MR) is 120 cm³/mol. The summed E-state index contributed by atoms with van der Waals surface area (Å²) in [7, 11) is 0. The van der Waals surface area contributed by atoms with E-state index in [0.29, 0.717) is 17.5 Å². The number of nitrogen functional groups attached to an aromatic ring is 1. The summed E-state index contributed by atoms with van der Waals surface area (Å²) in [5.41, 5.74) is 5.96. The van der Waals surface area contributed by atoms with Gasteiger partial charge in [0.25, 0.3) is 0 Å². The first kappa shape index (κ1) is 21.6. The molecule has 0 spiro atoms. The summed E-state index contributed by atoms with van der Waals surface area (Å²) in [6.07, 6.45) is 1.37. The number of esters is 2. The van der Waals surface area contributed by atoms with Crippen molar-refractivity contribution in [3.05, 3.63) is 94.5 Å². The molecule has 9 heteroatoms. The minimum Gasteiger partial charge on any atom is -0.461 e. The van der Waals surface area contributed by atoms with Crippen LogP contribution in [0.1, 0.15) is 32.5 Å². The monoisotopic (exact) mass is 451 g/mol. The molecule has 0 unspecified atom stereocenters. The van der Waals surface area contributed by atoms with Crippen LogP contribution in [0.5, 0.6) is 0 Å². The van der Waals surface area contributed by atoms with Crippen molar-refractivity contribution in [2.75, 3.05) is 12.3 Å². The van der Waals surface area contributed by atoms with Gasteiger partial charge in [-0.25, -0.2) is 14.4 Å². The van der Waals surface area contributed by atoms with E-state index in [1.54, 1.807) is 54.7 Å². The Labute approximate surface area is 188 Å². The quantitative estimate of drug-likeness (QED) is 0.569. The van der Waals surface area contributed by atoms with Crippen molar-refractivity contribution in [2.24, 2.45) is 0 Å². The molecule has 1 fully saturated rings. The third-order valence-corrected chi connectivity index (χ3v) is 6.52. The standard InChI is InChI=1S/C23H21N3O5S/c24-19-11-12-26(23(29)25-19)20-13-17(31-22(28)16-9-5-2-6-10-16)18(32-20)14-30-21(27)15-7-3-1-4-8-15/h1-12,17-18,20H,13-14H2,(H2,24,25,29)/t17-,18-,20-/m0/s1. The SMILES string of the molecule is Nc1ccn([C@@H]2C[C@H](OC(=O)c3ccccc3)[C@H](COC(=O)c3ccccc3)S2)c(=O)n1. The Balaban J connectivity index is 1.50. The van der Waals surface area contributed by atoms with Crippen LogP contribution in [-0.4, -0.2) is 39.5 Å². The van der Waals surface area contributed by atoms with E-state index in [1.807, 2.05) is 12.1 Å². The molecule has 0 saturated carbocycles. The minimum absolute atomic E-state index is 0.0266. The summed E-state index contributed by atoms with van der Waals surface area (Å²) in [4.78, 5) is 41.1. The highest BCUT2D eigenvalue weighted by molar-refractivity contribution is 8.00. The van der Waals surface area contributed by atoms with E-state index in [2.05, 4.69) is 4.98 Å². The largest absolute Gasteiger partial charge is 0.461 e. The van der Waals surface area contributed by atoms with Gasteiger partial charge in [0, 0.05) is 12.6 Å². The average molecular weight is 452 g/mol. The van der Waals surface area contributed by atoms with Gasteiger partial charge in [-0.15, -0.1) is 11.8 Å². The fraction of sp³-hybridized carbons (Fsp3) is 0.217. The molecule has 8 nitrogen and oxygen atoms in total. The summed E-state index contributed by atoms with van der Waals surface area (Å²) in [6.45, 7) is 0.0266. The van der Waals surface area contributed by atoms with Crippen molar-refractivity contribution in [3.63, 3.8) is 0 Å². The first-order chi connectivity index (χ1) is 15.5. The van der Waals surface area contributed by atoms with Crippen molar-refractivity contribution < 1.29 is 19.1 Å². The molecule has 1 aromatic heterocycles. The minimum atomic E-state index is -0.564. The Morgan fingerprint density at radius 3 is 2.25 bits per heavy atom. The van der Waals surface area contributed by atoms with Crippen molar-refractivity contribution in [1.29, 1.82) is 0 Å². The van der Waals surface area contributed by atoms with Crippen LogP contribution < -0.4 is 11.4 Å². The van der Waals surface area contributed by atoms with Gasteiger partial charge in [0.2, 0.25) is 0 Å². The lowest BCUT2D eigenvalue weighted by molar-refractivity contribution is 0.0205. The van der Waals surface area contributed by atoms with Crippen LogP contribution in [0.25, 0.3) is 0 Å². The molecule has 1 saturated heterocycles. The lowest BCUT2D eigenvalue weighted by Crippen LogP contribution is -2.30.